The fraction of sp³-hybridized carbons (Fsp3) is 0.158. The largest absolute Gasteiger partial charge is 0.506 e. The number of phenolic OH excluding ortho intramolecular Hbond substituents is 1. The average molecular weight is 370 g/mol. The van der Waals surface area contributed by atoms with Crippen LogP contribution in [0.5, 0.6) is 17.2 Å². The van der Waals surface area contributed by atoms with Crippen LogP contribution < -0.4 is 14.8 Å². The van der Waals surface area contributed by atoms with E-state index in [0.717, 1.165) is 5.56 Å². The van der Waals surface area contributed by atoms with Gasteiger partial charge in [-0.3, -0.25) is 4.79 Å². The second-order valence-electron chi connectivity index (χ2n) is 5.47. The molecule has 3 aromatic rings. The van der Waals surface area contributed by atoms with Gasteiger partial charge in [0.05, 0.1) is 25.6 Å². The summed E-state index contributed by atoms with van der Waals surface area (Å²) in [6.45, 7) is 1.78. The molecule has 2 N–H and O–H groups in total. The summed E-state index contributed by atoms with van der Waals surface area (Å²) in [6.07, 6.45) is 0. The third kappa shape index (κ3) is 3.48. The molecule has 0 saturated carbocycles. The van der Waals surface area contributed by atoms with Crippen LogP contribution in [0.4, 0.5) is 5.69 Å². The molecule has 134 valence electrons. The van der Waals surface area contributed by atoms with Crippen molar-refractivity contribution in [3.05, 3.63) is 53.0 Å². The van der Waals surface area contributed by atoms with Crippen molar-refractivity contribution in [1.82, 2.24) is 4.98 Å². The number of thiazole rings is 1. The summed E-state index contributed by atoms with van der Waals surface area (Å²) in [6, 6.07) is 12.1. The van der Waals surface area contributed by atoms with Gasteiger partial charge in [0, 0.05) is 5.56 Å². The second-order valence-corrected chi connectivity index (χ2v) is 6.47. The van der Waals surface area contributed by atoms with Gasteiger partial charge in [0.25, 0.3) is 5.91 Å². The molecule has 0 atom stereocenters. The lowest BCUT2D eigenvalue weighted by Crippen LogP contribution is -2.11. The molecule has 26 heavy (non-hydrogen) atoms. The number of para-hydroxylation sites is 2. The highest BCUT2D eigenvalue weighted by atomic mass is 32.1. The third-order valence-corrected chi connectivity index (χ3v) is 4.99. The highest BCUT2D eigenvalue weighted by molar-refractivity contribution is 7.17. The number of carbonyl (C=O) groups excluding carboxylic acids is 1. The third-order valence-electron chi connectivity index (χ3n) is 3.79. The van der Waals surface area contributed by atoms with E-state index in [-0.39, 0.29) is 11.7 Å². The number of amides is 1. The van der Waals surface area contributed by atoms with Crippen molar-refractivity contribution in [2.24, 2.45) is 0 Å². The molecule has 0 radical (unpaired) electrons. The minimum absolute atomic E-state index is 0.0168. The molecule has 0 aliphatic rings. The maximum absolute atomic E-state index is 12.6. The van der Waals surface area contributed by atoms with Crippen molar-refractivity contribution < 1.29 is 19.4 Å². The van der Waals surface area contributed by atoms with Gasteiger partial charge in [-0.2, -0.15) is 0 Å². The van der Waals surface area contributed by atoms with Crippen molar-refractivity contribution in [3.63, 3.8) is 0 Å². The van der Waals surface area contributed by atoms with E-state index in [2.05, 4.69) is 10.3 Å². The van der Waals surface area contributed by atoms with Crippen molar-refractivity contribution >= 4 is 22.9 Å². The molecule has 7 heteroatoms. The minimum Gasteiger partial charge on any atom is -0.506 e. The Bertz CT molecular complexity index is 952. The average Bonchev–Trinajstić information content (AvgIpc) is 3.04. The lowest BCUT2D eigenvalue weighted by Gasteiger charge is -2.08. The number of hydrogen-bond donors (Lipinski definition) is 2. The Morgan fingerprint density at radius 2 is 1.85 bits per heavy atom. The number of ether oxygens (including phenoxy) is 2. The summed E-state index contributed by atoms with van der Waals surface area (Å²) in [5.41, 5.74) is 1.81. The lowest BCUT2D eigenvalue weighted by atomic mass is 10.2. The maximum Gasteiger partial charge on any atom is 0.267 e. The van der Waals surface area contributed by atoms with Crippen LogP contribution in [0.2, 0.25) is 0 Å². The van der Waals surface area contributed by atoms with Gasteiger partial charge in [-0.15, -0.1) is 11.3 Å². The Balaban J connectivity index is 1.90. The highest BCUT2D eigenvalue weighted by Crippen LogP contribution is 2.35. The van der Waals surface area contributed by atoms with Gasteiger partial charge in [-0.25, -0.2) is 4.98 Å². The van der Waals surface area contributed by atoms with Crippen molar-refractivity contribution in [3.8, 4) is 27.8 Å². The molecule has 0 saturated heterocycles. The fourth-order valence-electron chi connectivity index (χ4n) is 2.46. The number of nitrogens with zero attached hydrogens (tertiary/aromatic N) is 1. The molecule has 1 amide bonds. The Morgan fingerprint density at radius 1 is 1.12 bits per heavy atom. The molecule has 2 aromatic carbocycles. The summed E-state index contributed by atoms with van der Waals surface area (Å²) in [5, 5.41) is 13.2. The maximum atomic E-state index is 12.6. The smallest absolute Gasteiger partial charge is 0.267 e. The molecule has 0 bridgehead atoms. The molecule has 0 unspecified atom stereocenters. The van der Waals surface area contributed by atoms with Crippen molar-refractivity contribution in [1.29, 1.82) is 0 Å². The van der Waals surface area contributed by atoms with Crippen LogP contribution in [0.15, 0.2) is 42.5 Å². The molecular weight excluding hydrogens is 352 g/mol. The summed E-state index contributed by atoms with van der Waals surface area (Å²) in [4.78, 5) is 17.5. The zero-order valence-electron chi connectivity index (χ0n) is 14.6. The first-order valence-corrected chi connectivity index (χ1v) is 8.64. The van der Waals surface area contributed by atoms with Gasteiger partial charge < -0.3 is 19.9 Å². The zero-order chi connectivity index (χ0) is 18.7. The van der Waals surface area contributed by atoms with E-state index in [4.69, 9.17) is 9.47 Å². The molecule has 1 heterocycles. The van der Waals surface area contributed by atoms with Gasteiger partial charge in [0.2, 0.25) is 0 Å². The van der Waals surface area contributed by atoms with E-state index in [1.807, 2.05) is 12.1 Å². The number of methoxy groups -OCH3 is 2. The lowest BCUT2D eigenvalue weighted by molar-refractivity contribution is 0.102. The van der Waals surface area contributed by atoms with Gasteiger partial charge in [-0.05, 0) is 37.3 Å². The SMILES string of the molecule is COc1ccc(-c2nc(C)c(C(=O)Nc3ccccc3O)s2)cc1OC. The molecule has 1 aromatic heterocycles. The Kier molecular flexibility index (Phi) is 5.09. The number of aromatic hydroxyl groups is 1. The number of carbonyl (C=O) groups is 1. The van der Waals surface area contributed by atoms with Gasteiger partial charge in [-0.1, -0.05) is 12.1 Å². The standard InChI is InChI=1S/C19H18N2O4S/c1-11-17(18(23)21-13-6-4-5-7-14(13)22)26-19(20-11)12-8-9-15(24-2)16(10-12)25-3/h4-10,22H,1-3H3,(H,21,23). The highest BCUT2D eigenvalue weighted by Gasteiger charge is 2.18. The topological polar surface area (TPSA) is 80.7 Å². The number of aryl methyl sites for hydroxylation is 1. The first-order valence-electron chi connectivity index (χ1n) is 7.82. The van der Waals surface area contributed by atoms with E-state index in [9.17, 15) is 9.90 Å². The molecular formula is C19H18N2O4S. The zero-order valence-corrected chi connectivity index (χ0v) is 15.4. The van der Waals surface area contributed by atoms with E-state index in [1.165, 1.54) is 17.4 Å². The molecule has 6 nitrogen and oxygen atoms in total. The second kappa shape index (κ2) is 7.45. The number of benzene rings is 2. The molecule has 0 aliphatic heterocycles. The normalized spacial score (nSPS) is 10.4. The number of nitrogens with one attached hydrogen (secondary N) is 1. The monoisotopic (exact) mass is 370 g/mol. The van der Waals surface area contributed by atoms with Crippen molar-refractivity contribution in [2.75, 3.05) is 19.5 Å². The van der Waals surface area contributed by atoms with Crippen LogP contribution in [0.25, 0.3) is 10.6 Å². The van der Waals surface area contributed by atoms with Crippen LogP contribution in [0.3, 0.4) is 0 Å². The summed E-state index contributed by atoms with van der Waals surface area (Å²) in [5.74, 6) is 0.927. The van der Waals surface area contributed by atoms with Gasteiger partial charge in [0.15, 0.2) is 11.5 Å². The summed E-state index contributed by atoms with van der Waals surface area (Å²) >= 11 is 1.28. The predicted molar refractivity (Wildman–Crippen MR) is 101 cm³/mol. The van der Waals surface area contributed by atoms with E-state index in [0.29, 0.717) is 32.8 Å². The Hall–Kier alpha value is -3.06. The molecule has 0 spiro atoms. The predicted octanol–water partition coefficient (Wildman–Crippen LogP) is 4.09. The van der Waals surface area contributed by atoms with Gasteiger partial charge >= 0.3 is 0 Å². The number of anilines is 1. The van der Waals surface area contributed by atoms with Gasteiger partial charge in [0.1, 0.15) is 15.6 Å². The Labute approximate surface area is 155 Å². The van der Waals surface area contributed by atoms with Crippen LogP contribution >= 0.6 is 11.3 Å². The molecule has 3 rings (SSSR count). The van der Waals surface area contributed by atoms with Crippen LogP contribution in [0, 0.1) is 6.92 Å². The van der Waals surface area contributed by atoms with Crippen LogP contribution in [0.1, 0.15) is 15.4 Å². The van der Waals surface area contributed by atoms with E-state index < -0.39 is 0 Å². The quantitative estimate of drug-likeness (QED) is 0.661. The van der Waals surface area contributed by atoms with Crippen LogP contribution in [-0.4, -0.2) is 30.2 Å². The Morgan fingerprint density at radius 3 is 2.54 bits per heavy atom. The fourth-order valence-corrected chi connectivity index (χ4v) is 3.42. The van der Waals surface area contributed by atoms with Crippen molar-refractivity contribution in [2.45, 2.75) is 6.92 Å². The number of phenols is 1. The minimum atomic E-state index is -0.312. The first-order chi connectivity index (χ1) is 12.5. The molecule has 0 aliphatic carbocycles. The molecule has 0 fully saturated rings. The number of aromatic nitrogens is 1. The first kappa shape index (κ1) is 17.8. The summed E-state index contributed by atoms with van der Waals surface area (Å²) in [7, 11) is 3.15. The van der Waals surface area contributed by atoms with Crippen LogP contribution in [-0.2, 0) is 0 Å². The van der Waals surface area contributed by atoms with E-state index >= 15 is 0 Å². The van der Waals surface area contributed by atoms with E-state index in [1.54, 1.807) is 45.4 Å². The number of hydrogen-bond acceptors (Lipinski definition) is 6. The summed E-state index contributed by atoms with van der Waals surface area (Å²) < 4.78 is 10.6. The number of rotatable bonds is 5.